The van der Waals surface area contributed by atoms with Gasteiger partial charge in [0, 0.05) is 6.42 Å². The summed E-state index contributed by atoms with van der Waals surface area (Å²) in [6.07, 6.45) is 12.0. The fraction of sp³-hybridized carbons (Fsp3) is 0.917. The molecule has 2 heteroatoms. The molecule has 0 aromatic carbocycles. The van der Waals surface area contributed by atoms with Crippen LogP contribution in [-0.2, 0) is 4.79 Å². The second-order valence-corrected chi connectivity index (χ2v) is 4.50. The van der Waals surface area contributed by atoms with E-state index in [-0.39, 0.29) is 0 Å². The highest BCUT2D eigenvalue weighted by Crippen LogP contribution is 2.29. The SMILES string of the molecule is O=C(O)CCCCCCC1CCCC1. The van der Waals surface area contributed by atoms with E-state index in [2.05, 4.69) is 0 Å². The number of carbonyl (C=O) groups is 1. The van der Waals surface area contributed by atoms with Gasteiger partial charge in [0.25, 0.3) is 0 Å². The van der Waals surface area contributed by atoms with Gasteiger partial charge in [0.05, 0.1) is 0 Å². The van der Waals surface area contributed by atoms with Gasteiger partial charge in [-0.2, -0.15) is 0 Å². The zero-order valence-electron chi connectivity index (χ0n) is 9.00. The lowest BCUT2D eigenvalue weighted by molar-refractivity contribution is -0.137. The zero-order valence-corrected chi connectivity index (χ0v) is 9.00. The molecule has 1 aliphatic rings. The minimum Gasteiger partial charge on any atom is -0.481 e. The number of carboxylic acid groups (broad SMARTS) is 1. The van der Waals surface area contributed by atoms with E-state index in [0.717, 1.165) is 18.8 Å². The fourth-order valence-electron chi connectivity index (χ4n) is 2.36. The van der Waals surface area contributed by atoms with Gasteiger partial charge in [0.15, 0.2) is 0 Å². The van der Waals surface area contributed by atoms with Gasteiger partial charge in [0.2, 0.25) is 0 Å². The van der Waals surface area contributed by atoms with E-state index in [1.807, 2.05) is 0 Å². The highest BCUT2D eigenvalue weighted by Gasteiger charge is 2.13. The maximum absolute atomic E-state index is 10.2. The van der Waals surface area contributed by atoms with Crippen LogP contribution in [-0.4, -0.2) is 11.1 Å². The van der Waals surface area contributed by atoms with Crippen molar-refractivity contribution >= 4 is 5.97 Å². The van der Waals surface area contributed by atoms with E-state index < -0.39 is 5.97 Å². The Balaban J connectivity index is 1.82. The average molecular weight is 198 g/mol. The molecule has 14 heavy (non-hydrogen) atoms. The Morgan fingerprint density at radius 2 is 1.71 bits per heavy atom. The standard InChI is InChI=1S/C12H22O2/c13-12(14)10-4-2-1-3-7-11-8-5-6-9-11/h11H,1-10H2,(H,13,14). The van der Waals surface area contributed by atoms with Crippen molar-refractivity contribution < 1.29 is 9.90 Å². The summed E-state index contributed by atoms with van der Waals surface area (Å²) in [5, 5.41) is 8.44. The number of aliphatic carboxylic acids is 1. The molecule has 0 unspecified atom stereocenters. The van der Waals surface area contributed by atoms with Crippen LogP contribution < -0.4 is 0 Å². The van der Waals surface area contributed by atoms with E-state index in [1.54, 1.807) is 0 Å². The summed E-state index contributed by atoms with van der Waals surface area (Å²) >= 11 is 0. The van der Waals surface area contributed by atoms with Crippen LogP contribution in [0.1, 0.15) is 64.2 Å². The third-order valence-electron chi connectivity index (χ3n) is 3.23. The Morgan fingerprint density at radius 3 is 2.36 bits per heavy atom. The van der Waals surface area contributed by atoms with Crippen molar-refractivity contribution in [3.63, 3.8) is 0 Å². The molecule has 0 bridgehead atoms. The zero-order chi connectivity index (χ0) is 10.2. The third kappa shape index (κ3) is 5.25. The molecule has 1 rings (SSSR count). The smallest absolute Gasteiger partial charge is 0.303 e. The fourth-order valence-corrected chi connectivity index (χ4v) is 2.36. The summed E-state index contributed by atoms with van der Waals surface area (Å²) in [6.45, 7) is 0. The molecule has 0 atom stereocenters. The van der Waals surface area contributed by atoms with Gasteiger partial charge < -0.3 is 5.11 Å². The Kier molecular flexibility index (Phi) is 5.65. The molecule has 0 aromatic rings. The van der Waals surface area contributed by atoms with E-state index in [9.17, 15) is 4.79 Å². The second kappa shape index (κ2) is 6.86. The maximum Gasteiger partial charge on any atom is 0.303 e. The lowest BCUT2D eigenvalue weighted by Gasteiger charge is -2.07. The van der Waals surface area contributed by atoms with Crippen molar-refractivity contribution in [1.82, 2.24) is 0 Å². The summed E-state index contributed by atoms with van der Waals surface area (Å²) in [5.41, 5.74) is 0. The number of carboxylic acids is 1. The van der Waals surface area contributed by atoms with Crippen molar-refractivity contribution in [2.45, 2.75) is 64.2 Å². The first-order valence-corrected chi connectivity index (χ1v) is 6.01. The van der Waals surface area contributed by atoms with Crippen molar-refractivity contribution in [2.24, 2.45) is 5.92 Å². The highest BCUT2D eigenvalue weighted by atomic mass is 16.4. The topological polar surface area (TPSA) is 37.3 Å². The van der Waals surface area contributed by atoms with E-state index in [0.29, 0.717) is 6.42 Å². The predicted octanol–water partition coefficient (Wildman–Crippen LogP) is 3.60. The largest absolute Gasteiger partial charge is 0.481 e. The van der Waals surface area contributed by atoms with Crippen LogP contribution in [0, 0.1) is 5.92 Å². The van der Waals surface area contributed by atoms with Crippen LogP contribution in [0.15, 0.2) is 0 Å². The minimum atomic E-state index is -0.652. The number of hydrogen-bond donors (Lipinski definition) is 1. The van der Waals surface area contributed by atoms with Crippen LogP contribution in [0.2, 0.25) is 0 Å². The molecule has 0 aliphatic heterocycles. The maximum atomic E-state index is 10.2. The van der Waals surface area contributed by atoms with Gasteiger partial charge >= 0.3 is 5.97 Å². The quantitative estimate of drug-likeness (QED) is 0.634. The summed E-state index contributed by atoms with van der Waals surface area (Å²) in [7, 11) is 0. The van der Waals surface area contributed by atoms with Crippen LogP contribution in [0.25, 0.3) is 0 Å². The first-order valence-electron chi connectivity index (χ1n) is 6.01. The lowest BCUT2D eigenvalue weighted by atomic mass is 9.99. The van der Waals surface area contributed by atoms with Gasteiger partial charge in [-0.3, -0.25) is 4.79 Å². The number of unbranched alkanes of at least 4 members (excludes halogenated alkanes) is 3. The molecule has 1 aliphatic carbocycles. The normalized spacial score (nSPS) is 17.4. The summed E-state index contributed by atoms with van der Waals surface area (Å²) in [5.74, 6) is 0.343. The van der Waals surface area contributed by atoms with E-state index >= 15 is 0 Å². The van der Waals surface area contributed by atoms with Crippen molar-refractivity contribution in [3.05, 3.63) is 0 Å². The Morgan fingerprint density at radius 1 is 1.07 bits per heavy atom. The molecule has 1 N–H and O–H groups in total. The van der Waals surface area contributed by atoms with Crippen LogP contribution in [0.4, 0.5) is 0 Å². The van der Waals surface area contributed by atoms with Crippen molar-refractivity contribution in [3.8, 4) is 0 Å². The van der Waals surface area contributed by atoms with Crippen LogP contribution in [0.3, 0.4) is 0 Å². The van der Waals surface area contributed by atoms with Crippen LogP contribution >= 0.6 is 0 Å². The van der Waals surface area contributed by atoms with Gasteiger partial charge in [-0.25, -0.2) is 0 Å². The lowest BCUT2D eigenvalue weighted by Crippen LogP contribution is -1.95. The summed E-state index contributed by atoms with van der Waals surface area (Å²) < 4.78 is 0. The molecule has 1 fully saturated rings. The molecule has 82 valence electrons. The molecule has 0 saturated heterocycles. The molecule has 0 heterocycles. The molecule has 0 aromatic heterocycles. The second-order valence-electron chi connectivity index (χ2n) is 4.50. The molecule has 0 radical (unpaired) electrons. The monoisotopic (exact) mass is 198 g/mol. The Bertz CT molecular complexity index is 160. The number of hydrogen-bond acceptors (Lipinski definition) is 1. The summed E-state index contributed by atoms with van der Waals surface area (Å²) in [4.78, 5) is 10.2. The average Bonchev–Trinajstić information content (AvgIpc) is 2.63. The van der Waals surface area contributed by atoms with Gasteiger partial charge in [-0.05, 0) is 12.3 Å². The molecule has 1 saturated carbocycles. The van der Waals surface area contributed by atoms with E-state index in [4.69, 9.17) is 5.11 Å². The van der Waals surface area contributed by atoms with Crippen LogP contribution in [0.5, 0.6) is 0 Å². The third-order valence-corrected chi connectivity index (χ3v) is 3.23. The number of rotatable bonds is 7. The predicted molar refractivity (Wildman–Crippen MR) is 57.3 cm³/mol. The molecule has 0 spiro atoms. The first kappa shape index (κ1) is 11.5. The van der Waals surface area contributed by atoms with Gasteiger partial charge in [-0.15, -0.1) is 0 Å². The Labute approximate surface area is 86.7 Å². The highest BCUT2D eigenvalue weighted by molar-refractivity contribution is 5.66. The summed E-state index contributed by atoms with van der Waals surface area (Å²) in [6, 6.07) is 0. The van der Waals surface area contributed by atoms with Gasteiger partial charge in [0.1, 0.15) is 0 Å². The van der Waals surface area contributed by atoms with E-state index in [1.165, 1.54) is 44.9 Å². The molecule has 0 amide bonds. The minimum absolute atomic E-state index is 0.351. The first-order chi connectivity index (χ1) is 6.79. The van der Waals surface area contributed by atoms with Crippen molar-refractivity contribution in [1.29, 1.82) is 0 Å². The van der Waals surface area contributed by atoms with Crippen molar-refractivity contribution in [2.75, 3.05) is 0 Å². The molecular weight excluding hydrogens is 176 g/mol. The Hall–Kier alpha value is -0.530. The molecule has 2 nitrogen and oxygen atoms in total. The van der Waals surface area contributed by atoms with Gasteiger partial charge in [-0.1, -0.05) is 51.4 Å². The molecular formula is C12H22O2.